The highest BCUT2D eigenvalue weighted by molar-refractivity contribution is 6.01. The van der Waals surface area contributed by atoms with Gasteiger partial charge in [-0.25, -0.2) is 0 Å². The van der Waals surface area contributed by atoms with Crippen LogP contribution in [-0.2, 0) is 16.0 Å². The van der Waals surface area contributed by atoms with Gasteiger partial charge in [0.2, 0.25) is 11.8 Å². The molecule has 5 heteroatoms. The number of hydrogen-bond donors (Lipinski definition) is 1. The fourth-order valence-electron chi connectivity index (χ4n) is 4.16. The van der Waals surface area contributed by atoms with Crippen LogP contribution in [-0.4, -0.2) is 25.5 Å². The Morgan fingerprint density at radius 3 is 2.26 bits per heavy atom. The second kappa shape index (κ2) is 9.47. The number of rotatable bonds is 7. The first-order valence-corrected chi connectivity index (χ1v) is 10.5. The van der Waals surface area contributed by atoms with E-state index in [-0.39, 0.29) is 30.1 Å². The van der Waals surface area contributed by atoms with Crippen LogP contribution in [0.5, 0.6) is 5.75 Å². The number of benzene rings is 3. The summed E-state index contributed by atoms with van der Waals surface area (Å²) in [6.07, 6.45) is 0.919. The molecule has 3 aromatic carbocycles. The first kappa shape index (κ1) is 20.7. The van der Waals surface area contributed by atoms with Crippen LogP contribution in [0, 0.1) is 11.8 Å². The van der Waals surface area contributed by atoms with Crippen LogP contribution in [0.2, 0.25) is 0 Å². The average Bonchev–Trinajstić information content (AvgIpc) is 3.10. The number of hydrogen-bond acceptors (Lipinski definition) is 3. The Balaban J connectivity index is 1.51. The molecular formula is C26H26N2O3. The second-order valence-electron chi connectivity index (χ2n) is 7.82. The first-order chi connectivity index (χ1) is 15.1. The standard InChI is InChI=1S/C26H26N2O3/c1-31-23-14-12-21(13-15-23)27-25(29)17-24-20(16-19-8-4-2-5-9-19)18-28(26(24)30)22-10-6-3-7-11-22/h2-15,20,24H,16-18H2,1H3,(H,27,29)/t20-,24+/m0/s1. The predicted octanol–water partition coefficient (Wildman–Crippen LogP) is 4.55. The molecule has 1 saturated heterocycles. The molecule has 0 radical (unpaired) electrons. The highest BCUT2D eigenvalue weighted by atomic mass is 16.5. The van der Waals surface area contributed by atoms with Crippen LogP contribution in [0.1, 0.15) is 12.0 Å². The van der Waals surface area contributed by atoms with E-state index in [1.807, 2.05) is 53.4 Å². The van der Waals surface area contributed by atoms with E-state index in [4.69, 9.17) is 4.74 Å². The third kappa shape index (κ3) is 4.94. The van der Waals surface area contributed by atoms with Gasteiger partial charge in [0, 0.05) is 24.3 Å². The molecule has 1 aliphatic heterocycles. The number of ether oxygens (including phenoxy) is 1. The Labute approximate surface area is 182 Å². The van der Waals surface area contributed by atoms with E-state index in [0.29, 0.717) is 12.2 Å². The quantitative estimate of drug-likeness (QED) is 0.617. The predicted molar refractivity (Wildman–Crippen MR) is 122 cm³/mol. The lowest BCUT2D eigenvalue weighted by atomic mass is 9.87. The molecule has 1 fully saturated rings. The molecule has 158 valence electrons. The molecule has 1 aliphatic rings. The van der Waals surface area contributed by atoms with E-state index in [9.17, 15) is 9.59 Å². The normalized spacial score (nSPS) is 18.1. The zero-order chi connectivity index (χ0) is 21.6. The summed E-state index contributed by atoms with van der Waals surface area (Å²) in [5.74, 6) is 0.286. The summed E-state index contributed by atoms with van der Waals surface area (Å²) in [5.41, 5.74) is 2.75. The summed E-state index contributed by atoms with van der Waals surface area (Å²) < 4.78 is 5.16. The third-order valence-electron chi connectivity index (χ3n) is 5.76. The largest absolute Gasteiger partial charge is 0.497 e. The van der Waals surface area contributed by atoms with Gasteiger partial charge in [0.05, 0.1) is 13.0 Å². The van der Waals surface area contributed by atoms with Gasteiger partial charge in [-0.1, -0.05) is 48.5 Å². The maximum Gasteiger partial charge on any atom is 0.230 e. The van der Waals surface area contributed by atoms with Gasteiger partial charge in [0.25, 0.3) is 0 Å². The van der Waals surface area contributed by atoms with E-state index >= 15 is 0 Å². The van der Waals surface area contributed by atoms with Crippen molar-refractivity contribution >= 4 is 23.2 Å². The highest BCUT2D eigenvalue weighted by Gasteiger charge is 2.41. The van der Waals surface area contributed by atoms with E-state index in [1.54, 1.807) is 31.4 Å². The molecule has 0 aromatic heterocycles. The van der Waals surface area contributed by atoms with Crippen LogP contribution < -0.4 is 15.0 Å². The van der Waals surface area contributed by atoms with Gasteiger partial charge in [-0.15, -0.1) is 0 Å². The minimum absolute atomic E-state index is 0.0111. The fourth-order valence-corrected chi connectivity index (χ4v) is 4.16. The molecule has 4 rings (SSSR count). The summed E-state index contributed by atoms with van der Waals surface area (Å²) in [4.78, 5) is 27.9. The van der Waals surface area contributed by atoms with Crippen molar-refractivity contribution in [3.8, 4) is 5.75 Å². The zero-order valence-electron chi connectivity index (χ0n) is 17.5. The van der Waals surface area contributed by atoms with Crippen LogP contribution in [0.25, 0.3) is 0 Å². The molecule has 0 aliphatic carbocycles. The lowest BCUT2D eigenvalue weighted by Gasteiger charge is -2.16. The van der Waals surface area contributed by atoms with Crippen molar-refractivity contribution in [1.29, 1.82) is 0 Å². The van der Waals surface area contributed by atoms with Crippen molar-refractivity contribution in [1.82, 2.24) is 0 Å². The van der Waals surface area contributed by atoms with Crippen molar-refractivity contribution in [2.45, 2.75) is 12.8 Å². The van der Waals surface area contributed by atoms with Gasteiger partial charge in [-0.05, 0) is 54.3 Å². The van der Waals surface area contributed by atoms with Crippen molar-refractivity contribution in [3.63, 3.8) is 0 Å². The molecule has 0 spiro atoms. The summed E-state index contributed by atoms with van der Waals surface area (Å²) in [7, 11) is 1.60. The molecule has 0 saturated carbocycles. The topological polar surface area (TPSA) is 58.6 Å². The maximum absolute atomic E-state index is 13.3. The molecule has 31 heavy (non-hydrogen) atoms. The van der Waals surface area contributed by atoms with Gasteiger partial charge >= 0.3 is 0 Å². The molecule has 2 amide bonds. The minimum atomic E-state index is -0.362. The summed E-state index contributed by atoms with van der Waals surface area (Å²) >= 11 is 0. The second-order valence-corrected chi connectivity index (χ2v) is 7.82. The van der Waals surface area contributed by atoms with E-state index < -0.39 is 0 Å². The molecule has 1 N–H and O–H groups in total. The SMILES string of the molecule is COc1ccc(NC(=O)C[C@H]2C(=O)N(c3ccccc3)C[C@@H]2Cc2ccccc2)cc1. The third-order valence-corrected chi connectivity index (χ3v) is 5.76. The average molecular weight is 415 g/mol. The zero-order valence-corrected chi connectivity index (χ0v) is 17.5. The fraction of sp³-hybridized carbons (Fsp3) is 0.231. The molecule has 2 atom stereocenters. The molecule has 3 aromatic rings. The van der Waals surface area contributed by atoms with Gasteiger partial charge < -0.3 is 15.0 Å². The van der Waals surface area contributed by atoms with Crippen molar-refractivity contribution in [2.75, 3.05) is 23.9 Å². The van der Waals surface area contributed by atoms with Crippen molar-refractivity contribution < 1.29 is 14.3 Å². The lowest BCUT2D eigenvalue weighted by molar-refractivity contribution is -0.125. The van der Waals surface area contributed by atoms with Gasteiger partial charge in [0.1, 0.15) is 5.75 Å². The van der Waals surface area contributed by atoms with Crippen molar-refractivity contribution in [3.05, 3.63) is 90.5 Å². The van der Waals surface area contributed by atoms with Gasteiger partial charge in [-0.3, -0.25) is 9.59 Å². The molecule has 5 nitrogen and oxygen atoms in total. The number of anilines is 2. The molecule has 0 bridgehead atoms. The van der Waals surface area contributed by atoms with E-state index in [2.05, 4.69) is 17.4 Å². The Bertz CT molecular complexity index is 1020. The van der Waals surface area contributed by atoms with Crippen LogP contribution in [0.3, 0.4) is 0 Å². The lowest BCUT2D eigenvalue weighted by Crippen LogP contribution is -2.29. The Hall–Kier alpha value is -3.60. The minimum Gasteiger partial charge on any atom is -0.497 e. The van der Waals surface area contributed by atoms with Crippen LogP contribution in [0.15, 0.2) is 84.9 Å². The van der Waals surface area contributed by atoms with Crippen molar-refractivity contribution in [2.24, 2.45) is 11.8 Å². The number of nitrogens with zero attached hydrogens (tertiary/aromatic N) is 1. The number of carbonyl (C=O) groups is 2. The van der Waals surface area contributed by atoms with E-state index in [1.165, 1.54) is 5.56 Å². The first-order valence-electron chi connectivity index (χ1n) is 10.5. The number of methoxy groups -OCH3 is 1. The monoisotopic (exact) mass is 414 g/mol. The number of para-hydroxylation sites is 1. The number of carbonyl (C=O) groups excluding carboxylic acids is 2. The van der Waals surface area contributed by atoms with Gasteiger partial charge in [0.15, 0.2) is 0 Å². The Morgan fingerprint density at radius 1 is 0.968 bits per heavy atom. The van der Waals surface area contributed by atoms with E-state index in [0.717, 1.165) is 17.9 Å². The summed E-state index contributed by atoms with van der Waals surface area (Å²) in [5, 5.41) is 2.91. The number of nitrogens with one attached hydrogen (secondary N) is 1. The smallest absolute Gasteiger partial charge is 0.230 e. The highest BCUT2D eigenvalue weighted by Crippen LogP contribution is 2.34. The molecule has 0 unspecified atom stereocenters. The Morgan fingerprint density at radius 2 is 1.61 bits per heavy atom. The number of amides is 2. The van der Waals surface area contributed by atoms with Crippen LogP contribution in [0.4, 0.5) is 11.4 Å². The molecular weight excluding hydrogens is 388 g/mol. The Kier molecular flexibility index (Phi) is 6.32. The maximum atomic E-state index is 13.3. The van der Waals surface area contributed by atoms with Crippen LogP contribution >= 0.6 is 0 Å². The molecule has 1 heterocycles. The summed E-state index contributed by atoms with van der Waals surface area (Å²) in [6, 6.07) is 27.0. The summed E-state index contributed by atoms with van der Waals surface area (Å²) in [6.45, 7) is 0.609. The van der Waals surface area contributed by atoms with Gasteiger partial charge in [-0.2, -0.15) is 0 Å².